The Hall–Kier alpha value is -3.38. The van der Waals surface area contributed by atoms with Crippen molar-refractivity contribution in [1.29, 1.82) is 0 Å². The molecule has 162 valence electrons. The summed E-state index contributed by atoms with van der Waals surface area (Å²) in [5, 5.41) is 3.06. The van der Waals surface area contributed by atoms with E-state index in [0.717, 1.165) is 28.9 Å². The number of nitrogens with one attached hydrogen (secondary N) is 1. The molecular weight excluding hydrogens is 418 g/mol. The van der Waals surface area contributed by atoms with Crippen LogP contribution >= 0.6 is 11.8 Å². The van der Waals surface area contributed by atoms with Crippen molar-refractivity contribution in [2.24, 2.45) is 4.99 Å². The summed E-state index contributed by atoms with van der Waals surface area (Å²) in [5.74, 6) is -0.245. The van der Waals surface area contributed by atoms with Crippen molar-refractivity contribution in [3.8, 4) is 0 Å². The van der Waals surface area contributed by atoms with Crippen molar-refractivity contribution in [2.75, 3.05) is 11.9 Å². The summed E-state index contributed by atoms with van der Waals surface area (Å²) >= 11 is 1.36. The van der Waals surface area contributed by atoms with Crippen LogP contribution in [-0.4, -0.2) is 33.7 Å². The summed E-state index contributed by atoms with van der Waals surface area (Å²) in [7, 11) is 0. The molecule has 4 rings (SSSR count). The number of thioether (sulfide) groups is 1. The number of aliphatic imine (C=N–C) groups is 1. The van der Waals surface area contributed by atoms with Gasteiger partial charge in [-0.05, 0) is 48.7 Å². The Morgan fingerprint density at radius 1 is 1.00 bits per heavy atom. The number of para-hydroxylation sites is 1. The van der Waals surface area contributed by atoms with Gasteiger partial charge in [-0.15, -0.1) is 0 Å². The Morgan fingerprint density at radius 3 is 2.44 bits per heavy atom. The lowest BCUT2D eigenvalue weighted by Crippen LogP contribution is -2.35. The average Bonchev–Trinajstić information content (AvgIpc) is 3.07. The maximum atomic E-state index is 13.2. The topological polar surface area (TPSA) is 61.8 Å². The van der Waals surface area contributed by atoms with Crippen LogP contribution in [0.4, 0.5) is 11.4 Å². The highest BCUT2D eigenvalue weighted by Crippen LogP contribution is 2.32. The SMILES string of the molecule is Cc1cccc(NC(=O)C[C@@H]2SC(=Nc3ccccc3)N(CCc3ccccc3)C2=O)c1. The standard InChI is InChI=1S/C26H25N3O2S/c1-19-9-8-14-22(17-19)27-24(30)18-23-25(31)29(16-15-20-10-4-2-5-11-20)26(32-23)28-21-12-6-3-7-13-21/h2-14,17,23H,15-16,18H2,1H3,(H,27,30)/t23-/m0/s1. The monoisotopic (exact) mass is 443 g/mol. The molecule has 0 saturated carbocycles. The van der Waals surface area contributed by atoms with Crippen LogP contribution < -0.4 is 5.32 Å². The minimum atomic E-state index is -0.488. The predicted molar refractivity (Wildman–Crippen MR) is 131 cm³/mol. The molecule has 1 heterocycles. The zero-order valence-electron chi connectivity index (χ0n) is 17.9. The van der Waals surface area contributed by atoms with Gasteiger partial charge in [0.2, 0.25) is 11.8 Å². The van der Waals surface area contributed by atoms with Crippen LogP contribution in [0.15, 0.2) is 89.9 Å². The number of carbonyl (C=O) groups is 2. The molecule has 1 saturated heterocycles. The number of rotatable bonds is 7. The first-order valence-corrected chi connectivity index (χ1v) is 11.5. The molecule has 1 N–H and O–H groups in total. The number of hydrogen-bond acceptors (Lipinski definition) is 4. The molecule has 1 atom stereocenters. The van der Waals surface area contributed by atoms with E-state index < -0.39 is 5.25 Å². The Morgan fingerprint density at radius 2 is 1.72 bits per heavy atom. The van der Waals surface area contributed by atoms with Gasteiger partial charge in [-0.3, -0.25) is 14.5 Å². The Bertz CT molecular complexity index is 1120. The highest BCUT2D eigenvalue weighted by atomic mass is 32.2. The van der Waals surface area contributed by atoms with E-state index in [1.54, 1.807) is 4.90 Å². The number of anilines is 1. The third-order valence-corrected chi connectivity index (χ3v) is 6.32. The Labute approximate surface area is 192 Å². The molecule has 3 aromatic carbocycles. The summed E-state index contributed by atoms with van der Waals surface area (Å²) in [4.78, 5) is 32.3. The minimum Gasteiger partial charge on any atom is -0.326 e. The van der Waals surface area contributed by atoms with Crippen molar-refractivity contribution in [3.63, 3.8) is 0 Å². The maximum absolute atomic E-state index is 13.2. The van der Waals surface area contributed by atoms with Gasteiger partial charge in [0.25, 0.3) is 0 Å². The van der Waals surface area contributed by atoms with Crippen molar-refractivity contribution < 1.29 is 9.59 Å². The van der Waals surface area contributed by atoms with Gasteiger partial charge in [0.1, 0.15) is 5.25 Å². The van der Waals surface area contributed by atoms with Crippen molar-refractivity contribution in [1.82, 2.24) is 4.90 Å². The van der Waals surface area contributed by atoms with E-state index in [4.69, 9.17) is 4.99 Å². The first-order valence-electron chi connectivity index (χ1n) is 10.6. The van der Waals surface area contributed by atoms with E-state index >= 15 is 0 Å². The molecule has 1 aliphatic heterocycles. The number of benzene rings is 3. The summed E-state index contributed by atoms with van der Waals surface area (Å²) in [6.45, 7) is 2.50. The van der Waals surface area contributed by atoms with E-state index in [0.29, 0.717) is 11.7 Å². The van der Waals surface area contributed by atoms with Crippen LogP contribution in [0.2, 0.25) is 0 Å². The molecule has 0 bridgehead atoms. The predicted octanol–water partition coefficient (Wildman–Crippen LogP) is 5.20. The molecule has 0 aromatic heterocycles. The van der Waals surface area contributed by atoms with Crippen molar-refractivity contribution >= 4 is 40.1 Å². The second kappa shape index (κ2) is 10.3. The number of hydrogen-bond donors (Lipinski definition) is 1. The molecule has 2 amide bonds. The molecule has 5 nitrogen and oxygen atoms in total. The fraction of sp³-hybridized carbons (Fsp3) is 0.192. The van der Waals surface area contributed by atoms with E-state index in [-0.39, 0.29) is 18.2 Å². The van der Waals surface area contributed by atoms with Crippen LogP contribution in [0.25, 0.3) is 0 Å². The van der Waals surface area contributed by atoms with Crippen LogP contribution in [0, 0.1) is 6.92 Å². The summed E-state index contributed by atoms with van der Waals surface area (Å²) in [6.07, 6.45) is 0.830. The number of aryl methyl sites for hydroxylation is 1. The zero-order valence-corrected chi connectivity index (χ0v) is 18.7. The zero-order chi connectivity index (χ0) is 22.3. The van der Waals surface area contributed by atoms with Gasteiger partial charge in [-0.2, -0.15) is 0 Å². The highest BCUT2D eigenvalue weighted by molar-refractivity contribution is 8.15. The smallest absolute Gasteiger partial charge is 0.242 e. The van der Waals surface area contributed by atoms with Gasteiger partial charge in [0.05, 0.1) is 5.69 Å². The average molecular weight is 444 g/mol. The van der Waals surface area contributed by atoms with E-state index in [1.165, 1.54) is 11.8 Å². The lowest BCUT2D eigenvalue weighted by atomic mass is 10.1. The van der Waals surface area contributed by atoms with Gasteiger partial charge >= 0.3 is 0 Å². The second-order valence-electron chi connectivity index (χ2n) is 7.68. The largest absolute Gasteiger partial charge is 0.326 e. The van der Waals surface area contributed by atoms with Crippen LogP contribution in [0.1, 0.15) is 17.5 Å². The van der Waals surface area contributed by atoms with Crippen LogP contribution in [-0.2, 0) is 16.0 Å². The lowest BCUT2D eigenvalue weighted by molar-refractivity contribution is -0.128. The second-order valence-corrected chi connectivity index (χ2v) is 8.85. The number of nitrogens with zero attached hydrogens (tertiary/aromatic N) is 2. The van der Waals surface area contributed by atoms with Crippen molar-refractivity contribution in [3.05, 3.63) is 96.1 Å². The first kappa shape index (κ1) is 21.8. The summed E-state index contributed by atoms with van der Waals surface area (Å²) in [6, 6.07) is 27.3. The normalized spacial score (nSPS) is 17.0. The minimum absolute atomic E-state index is 0.0694. The van der Waals surface area contributed by atoms with Gasteiger partial charge in [-0.25, -0.2) is 4.99 Å². The van der Waals surface area contributed by atoms with Crippen molar-refractivity contribution in [2.45, 2.75) is 25.0 Å². The maximum Gasteiger partial charge on any atom is 0.242 e. The number of amides is 2. The fourth-order valence-corrected chi connectivity index (χ4v) is 4.72. The van der Waals surface area contributed by atoms with E-state index in [2.05, 4.69) is 17.4 Å². The van der Waals surface area contributed by atoms with Gasteiger partial charge in [0, 0.05) is 18.7 Å². The molecule has 6 heteroatoms. The third kappa shape index (κ3) is 5.65. The molecule has 1 aliphatic rings. The Kier molecular flexibility index (Phi) is 7.02. The van der Waals surface area contributed by atoms with Gasteiger partial charge in [0.15, 0.2) is 5.17 Å². The molecule has 32 heavy (non-hydrogen) atoms. The quantitative estimate of drug-likeness (QED) is 0.546. The first-order chi connectivity index (χ1) is 15.6. The van der Waals surface area contributed by atoms with Gasteiger partial charge < -0.3 is 5.32 Å². The Balaban J connectivity index is 1.49. The van der Waals surface area contributed by atoms with E-state index in [1.807, 2.05) is 79.7 Å². The lowest BCUT2D eigenvalue weighted by Gasteiger charge is -2.16. The van der Waals surface area contributed by atoms with E-state index in [9.17, 15) is 9.59 Å². The molecule has 0 radical (unpaired) electrons. The number of carbonyl (C=O) groups excluding carboxylic acids is 2. The molecule has 1 fully saturated rings. The van der Waals surface area contributed by atoms with Crippen LogP contribution in [0.5, 0.6) is 0 Å². The number of amidine groups is 1. The molecule has 3 aromatic rings. The third-order valence-electron chi connectivity index (χ3n) is 5.14. The molecule has 0 aliphatic carbocycles. The van der Waals surface area contributed by atoms with Gasteiger partial charge in [-0.1, -0.05) is 72.4 Å². The molecule has 0 unspecified atom stereocenters. The fourth-order valence-electron chi connectivity index (χ4n) is 3.53. The highest BCUT2D eigenvalue weighted by Gasteiger charge is 2.39. The van der Waals surface area contributed by atoms with Crippen LogP contribution in [0.3, 0.4) is 0 Å². The molecular formula is C26H25N3O2S. The summed E-state index contributed by atoms with van der Waals surface area (Å²) < 4.78 is 0. The summed E-state index contributed by atoms with van der Waals surface area (Å²) in [5.41, 5.74) is 3.76. The molecule has 0 spiro atoms.